The van der Waals surface area contributed by atoms with Gasteiger partial charge in [-0.25, -0.2) is 0 Å². The Bertz CT molecular complexity index is 1590. The average molecular weight is 702 g/mol. The topological polar surface area (TPSA) is 98.4 Å². The second kappa shape index (κ2) is 15.5. The molecule has 0 radical (unpaired) electrons. The molecule has 270 valence electrons. The second-order valence-corrected chi connectivity index (χ2v) is 19.9. The zero-order chi connectivity index (χ0) is 36.1. The van der Waals surface area contributed by atoms with Gasteiger partial charge < -0.3 is 34.2 Å². The van der Waals surface area contributed by atoms with Gasteiger partial charge in [0.25, 0.3) is 5.91 Å². The third kappa shape index (κ3) is 7.81. The maximum Gasteiger partial charge on any atom is 0.254 e. The molecule has 0 aliphatic carbocycles. The molecular weight excluding hydrogens is 647 g/mol. The van der Waals surface area contributed by atoms with Crippen LogP contribution in [0.5, 0.6) is 23.0 Å². The third-order valence-corrected chi connectivity index (χ3v) is 15.5. The third-order valence-electron chi connectivity index (χ3n) is 11.2. The molecule has 2 aliphatic rings. The molecule has 2 unspecified atom stereocenters. The van der Waals surface area contributed by atoms with E-state index < -0.39 is 13.7 Å². The Kier molecular flexibility index (Phi) is 11.5. The Morgan fingerprint density at radius 2 is 1.56 bits per heavy atom. The van der Waals surface area contributed by atoms with E-state index >= 15 is 0 Å². The molecule has 10 heteroatoms. The maximum absolute atomic E-state index is 14.3. The highest BCUT2D eigenvalue weighted by Crippen LogP contribution is 2.41. The van der Waals surface area contributed by atoms with Crippen molar-refractivity contribution in [3.63, 3.8) is 0 Å². The van der Waals surface area contributed by atoms with E-state index in [9.17, 15) is 9.59 Å². The summed E-state index contributed by atoms with van der Waals surface area (Å²) >= 11 is 0. The van der Waals surface area contributed by atoms with Crippen LogP contribution in [0.25, 0.3) is 0 Å². The van der Waals surface area contributed by atoms with Gasteiger partial charge >= 0.3 is 0 Å². The molecule has 5 rings (SSSR count). The molecule has 3 aromatic carbocycles. The molecule has 2 heterocycles. The molecule has 2 aliphatic heterocycles. The van der Waals surface area contributed by atoms with Crippen molar-refractivity contribution >= 4 is 20.1 Å². The van der Waals surface area contributed by atoms with E-state index in [1.807, 2.05) is 23.1 Å². The lowest BCUT2D eigenvalue weighted by molar-refractivity contribution is -0.128. The average Bonchev–Trinajstić information content (AvgIpc) is 3.61. The van der Waals surface area contributed by atoms with Crippen LogP contribution < -0.4 is 29.3 Å². The summed E-state index contributed by atoms with van der Waals surface area (Å²) in [5.41, 5.74) is 2.08. The van der Waals surface area contributed by atoms with Gasteiger partial charge in [0.05, 0.1) is 26.7 Å². The number of carbonyl (C=O) groups excluding carboxylic acids is 2. The van der Waals surface area contributed by atoms with Gasteiger partial charge in [-0.2, -0.15) is 0 Å². The molecule has 50 heavy (non-hydrogen) atoms. The predicted molar refractivity (Wildman–Crippen MR) is 200 cm³/mol. The number of methoxy groups -OCH3 is 3. The summed E-state index contributed by atoms with van der Waals surface area (Å²) in [6, 6.07) is 22.0. The lowest BCUT2D eigenvalue weighted by Crippen LogP contribution is -2.51. The Morgan fingerprint density at radius 3 is 2.12 bits per heavy atom. The number of carbonyl (C=O) groups is 2. The van der Waals surface area contributed by atoms with Crippen molar-refractivity contribution in [2.45, 2.75) is 69.5 Å². The van der Waals surface area contributed by atoms with Crippen molar-refractivity contribution in [3.05, 3.63) is 83.4 Å². The molecule has 2 N–H and O–H groups in total. The van der Waals surface area contributed by atoms with Gasteiger partial charge in [0.2, 0.25) is 20.0 Å². The number of amides is 2. The van der Waals surface area contributed by atoms with Crippen LogP contribution in [0.2, 0.25) is 18.1 Å². The highest BCUT2D eigenvalue weighted by molar-refractivity contribution is 6.74. The van der Waals surface area contributed by atoms with Gasteiger partial charge in [0.1, 0.15) is 5.75 Å². The normalized spacial score (nSPS) is 18.2. The largest absolute Gasteiger partial charge is 0.544 e. The number of likely N-dealkylation sites (tertiary alicyclic amines) is 1. The number of piperidine rings is 1. The number of nitrogens with one attached hydrogen (secondary N) is 2. The first-order valence-electron chi connectivity index (χ1n) is 17.8. The van der Waals surface area contributed by atoms with Crippen LogP contribution in [0.15, 0.2) is 66.7 Å². The van der Waals surface area contributed by atoms with Crippen LogP contribution in [0.1, 0.15) is 67.4 Å². The summed E-state index contributed by atoms with van der Waals surface area (Å²) in [6.07, 6.45) is 2.30. The lowest BCUT2D eigenvalue weighted by atomic mass is 9.72. The van der Waals surface area contributed by atoms with Gasteiger partial charge in [0.15, 0.2) is 11.5 Å². The molecule has 2 fully saturated rings. The Labute approximate surface area is 299 Å². The molecule has 2 saturated heterocycles. The minimum absolute atomic E-state index is 0.00634. The van der Waals surface area contributed by atoms with Crippen LogP contribution in [-0.2, 0) is 10.2 Å². The molecular formula is C40H55N3O6Si. The van der Waals surface area contributed by atoms with Crippen molar-refractivity contribution in [1.29, 1.82) is 0 Å². The summed E-state index contributed by atoms with van der Waals surface area (Å²) in [7, 11) is 2.63. The summed E-state index contributed by atoms with van der Waals surface area (Å²) in [4.78, 5) is 30.1. The van der Waals surface area contributed by atoms with Crippen LogP contribution in [0.4, 0.5) is 0 Å². The van der Waals surface area contributed by atoms with Gasteiger partial charge in [-0.15, -0.1) is 0 Å². The summed E-state index contributed by atoms with van der Waals surface area (Å²) in [6.45, 7) is 14.4. The number of hydrogen-bond acceptors (Lipinski definition) is 7. The van der Waals surface area contributed by atoms with Crippen molar-refractivity contribution in [2.75, 3.05) is 54.1 Å². The monoisotopic (exact) mass is 701 g/mol. The molecule has 0 aromatic heterocycles. The van der Waals surface area contributed by atoms with E-state index in [-0.39, 0.29) is 28.7 Å². The first-order chi connectivity index (χ1) is 23.8. The fourth-order valence-corrected chi connectivity index (χ4v) is 8.14. The van der Waals surface area contributed by atoms with E-state index in [4.69, 9.17) is 18.6 Å². The Hall–Kier alpha value is -4.02. The first kappa shape index (κ1) is 37.2. The quantitative estimate of drug-likeness (QED) is 0.201. The number of hydrogen-bond donors (Lipinski definition) is 2. The van der Waals surface area contributed by atoms with E-state index in [0.717, 1.165) is 49.2 Å². The second-order valence-electron chi connectivity index (χ2n) is 15.2. The fourth-order valence-electron chi connectivity index (χ4n) is 7.10. The molecule has 2 amide bonds. The lowest BCUT2D eigenvalue weighted by Gasteiger charge is -2.37. The Morgan fingerprint density at radius 1 is 0.940 bits per heavy atom. The van der Waals surface area contributed by atoms with E-state index in [1.54, 1.807) is 33.5 Å². The maximum atomic E-state index is 14.3. The van der Waals surface area contributed by atoms with Gasteiger partial charge in [-0.05, 0) is 91.8 Å². The van der Waals surface area contributed by atoms with Gasteiger partial charge in [-0.3, -0.25) is 9.59 Å². The smallest absolute Gasteiger partial charge is 0.254 e. The molecule has 2 atom stereocenters. The first-order valence-corrected chi connectivity index (χ1v) is 20.7. The summed E-state index contributed by atoms with van der Waals surface area (Å²) < 4.78 is 23.1. The van der Waals surface area contributed by atoms with Crippen LogP contribution in [-0.4, -0.2) is 79.1 Å². The summed E-state index contributed by atoms with van der Waals surface area (Å²) in [5.74, 6) is 2.30. The number of ether oxygens (including phenoxy) is 3. The van der Waals surface area contributed by atoms with Crippen molar-refractivity contribution < 1.29 is 28.2 Å². The zero-order valence-corrected chi connectivity index (χ0v) is 32.1. The minimum atomic E-state index is -2.01. The van der Waals surface area contributed by atoms with E-state index in [2.05, 4.69) is 80.9 Å². The van der Waals surface area contributed by atoms with E-state index in [1.165, 1.54) is 0 Å². The Balaban J connectivity index is 1.40. The van der Waals surface area contributed by atoms with Crippen molar-refractivity contribution in [1.82, 2.24) is 15.5 Å². The number of benzene rings is 3. The minimum Gasteiger partial charge on any atom is -0.544 e. The van der Waals surface area contributed by atoms with Crippen molar-refractivity contribution in [2.24, 2.45) is 5.92 Å². The molecule has 0 saturated carbocycles. The standard InChI is InChI=1S/C40H55N3O6Si/c1-39(2,3)50(7,8)49-32-16-14-28(15-17-32)33(26-42-38(45)40(19-21-41-22-20-40)31-12-10-9-11-13-31)29-18-23-43(27-29)37(44)30-24-34(46-4)36(48-6)35(25-30)47-5/h9-17,24-25,29,33,41H,18-23,26-27H2,1-8H3,(H,42,45). The predicted octanol–water partition coefficient (Wildman–Crippen LogP) is 6.78. The molecule has 0 bridgehead atoms. The zero-order valence-electron chi connectivity index (χ0n) is 31.1. The van der Waals surface area contributed by atoms with Crippen LogP contribution in [0, 0.1) is 5.92 Å². The highest BCUT2D eigenvalue weighted by Gasteiger charge is 2.42. The number of nitrogens with zero attached hydrogens (tertiary/aromatic N) is 1. The van der Waals surface area contributed by atoms with Gasteiger partial charge in [0, 0.05) is 31.1 Å². The van der Waals surface area contributed by atoms with Crippen LogP contribution >= 0.6 is 0 Å². The summed E-state index contributed by atoms with van der Waals surface area (Å²) in [5, 5.41) is 6.93. The number of rotatable bonds is 12. The van der Waals surface area contributed by atoms with E-state index in [0.29, 0.717) is 42.4 Å². The van der Waals surface area contributed by atoms with Crippen LogP contribution in [0.3, 0.4) is 0 Å². The highest BCUT2D eigenvalue weighted by atomic mass is 28.4. The molecule has 0 spiro atoms. The van der Waals surface area contributed by atoms with Gasteiger partial charge in [-0.1, -0.05) is 63.2 Å². The molecule has 3 aromatic rings. The molecule has 9 nitrogen and oxygen atoms in total. The fraction of sp³-hybridized carbons (Fsp3) is 0.500. The SMILES string of the molecule is COc1cc(C(=O)N2CCC(C(CNC(=O)C3(c4ccccc4)CCNCC3)c3ccc(O[Si](C)(C)C(C)(C)C)cc3)C2)cc(OC)c1OC. The van der Waals surface area contributed by atoms with Crippen molar-refractivity contribution in [3.8, 4) is 23.0 Å².